The van der Waals surface area contributed by atoms with Crippen LogP contribution in [0.2, 0.25) is 0 Å². The lowest BCUT2D eigenvalue weighted by Gasteiger charge is -2.01. The third-order valence-electron chi connectivity index (χ3n) is 3.30. The summed E-state index contributed by atoms with van der Waals surface area (Å²) in [6, 6.07) is 7.55. The molecule has 3 aromatic rings. The SMILES string of the molecule is COC(=O)c1ccn(CSc2nncn2N=Cc2ccc([N+](=O)[O-])cc2)n1. The molecule has 0 saturated heterocycles. The molecular weight excluding hydrogens is 374 g/mol. The third kappa shape index (κ3) is 4.55. The summed E-state index contributed by atoms with van der Waals surface area (Å²) >= 11 is 1.32. The number of carbonyl (C=O) groups is 1. The van der Waals surface area contributed by atoms with Gasteiger partial charge < -0.3 is 4.74 Å². The number of hydrogen-bond donors (Lipinski definition) is 0. The van der Waals surface area contributed by atoms with E-state index in [1.54, 1.807) is 35.3 Å². The highest BCUT2D eigenvalue weighted by Gasteiger charge is 2.10. The van der Waals surface area contributed by atoms with Crippen molar-refractivity contribution < 1.29 is 14.5 Å². The van der Waals surface area contributed by atoms with E-state index in [2.05, 4.69) is 25.1 Å². The summed E-state index contributed by atoms with van der Waals surface area (Å²) in [7, 11) is 1.29. The Morgan fingerprint density at radius 2 is 2.15 bits per heavy atom. The van der Waals surface area contributed by atoms with Crippen molar-refractivity contribution in [2.75, 3.05) is 7.11 Å². The molecule has 0 bridgehead atoms. The van der Waals surface area contributed by atoms with E-state index in [4.69, 9.17) is 0 Å². The lowest BCUT2D eigenvalue weighted by atomic mass is 10.2. The van der Waals surface area contributed by atoms with E-state index in [0.717, 1.165) is 0 Å². The van der Waals surface area contributed by atoms with Crippen LogP contribution in [0.3, 0.4) is 0 Å². The number of non-ortho nitro benzene ring substituents is 1. The van der Waals surface area contributed by atoms with Gasteiger partial charge in [0.25, 0.3) is 5.69 Å². The Bertz CT molecular complexity index is 980. The van der Waals surface area contributed by atoms with Crippen LogP contribution in [0.1, 0.15) is 16.1 Å². The van der Waals surface area contributed by atoms with Crippen molar-refractivity contribution in [3.05, 3.63) is 64.2 Å². The van der Waals surface area contributed by atoms with Crippen LogP contribution in [0.4, 0.5) is 5.69 Å². The lowest BCUT2D eigenvalue weighted by molar-refractivity contribution is -0.384. The maximum atomic E-state index is 11.4. The van der Waals surface area contributed by atoms with Gasteiger partial charge in [-0.25, -0.2) is 4.79 Å². The van der Waals surface area contributed by atoms with Crippen LogP contribution in [0, 0.1) is 10.1 Å². The number of benzene rings is 1. The zero-order valence-corrected chi connectivity index (χ0v) is 14.8. The van der Waals surface area contributed by atoms with Gasteiger partial charge in [-0.2, -0.15) is 14.9 Å². The van der Waals surface area contributed by atoms with E-state index in [-0.39, 0.29) is 11.4 Å². The fraction of sp³-hybridized carbons (Fsp3) is 0.133. The smallest absolute Gasteiger partial charge is 0.358 e. The monoisotopic (exact) mass is 387 g/mol. The Labute approximate surface area is 156 Å². The topological polar surface area (TPSA) is 130 Å². The number of thioether (sulfide) groups is 1. The average Bonchev–Trinajstić information content (AvgIpc) is 3.33. The van der Waals surface area contributed by atoms with Crippen molar-refractivity contribution in [2.45, 2.75) is 11.0 Å². The molecule has 0 amide bonds. The molecule has 12 heteroatoms. The number of aromatic nitrogens is 5. The van der Waals surface area contributed by atoms with Crippen molar-refractivity contribution in [1.29, 1.82) is 0 Å². The molecule has 11 nitrogen and oxygen atoms in total. The molecule has 1 aromatic carbocycles. The van der Waals surface area contributed by atoms with E-state index in [0.29, 0.717) is 16.6 Å². The molecule has 3 rings (SSSR count). The number of nitro benzene ring substituents is 1. The summed E-state index contributed by atoms with van der Waals surface area (Å²) in [4.78, 5) is 21.6. The highest BCUT2D eigenvalue weighted by molar-refractivity contribution is 7.98. The second kappa shape index (κ2) is 8.23. The molecule has 0 aliphatic heterocycles. The largest absolute Gasteiger partial charge is 0.464 e. The molecule has 0 fully saturated rings. The predicted molar refractivity (Wildman–Crippen MR) is 95.5 cm³/mol. The van der Waals surface area contributed by atoms with Crippen LogP contribution in [-0.2, 0) is 10.6 Å². The normalized spacial score (nSPS) is 11.0. The van der Waals surface area contributed by atoms with E-state index in [1.165, 1.54) is 42.0 Å². The molecule has 0 radical (unpaired) electrons. The molecule has 0 spiro atoms. The number of nitrogens with zero attached hydrogens (tertiary/aromatic N) is 7. The minimum atomic E-state index is -0.505. The Morgan fingerprint density at radius 1 is 1.37 bits per heavy atom. The van der Waals surface area contributed by atoms with Gasteiger partial charge in [-0.3, -0.25) is 14.8 Å². The van der Waals surface area contributed by atoms with Gasteiger partial charge in [-0.05, 0) is 23.8 Å². The number of carbonyl (C=O) groups excluding carboxylic acids is 1. The molecule has 0 saturated carbocycles. The summed E-state index contributed by atoms with van der Waals surface area (Å²) in [6.07, 6.45) is 4.63. The highest BCUT2D eigenvalue weighted by atomic mass is 32.2. The maximum absolute atomic E-state index is 11.4. The average molecular weight is 387 g/mol. The van der Waals surface area contributed by atoms with Crippen LogP contribution in [-0.4, -0.2) is 48.9 Å². The highest BCUT2D eigenvalue weighted by Crippen LogP contribution is 2.17. The fourth-order valence-corrected chi connectivity index (χ4v) is 2.70. The first-order valence-electron chi connectivity index (χ1n) is 7.50. The molecule has 0 aliphatic rings. The van der Waals surface area contributed by atoms with Gasteiger partial charge in [0.1, 0.15) is 6.33 Å². The summed E-state index contributed by atoms with van der Waals surface area (Å²) in [5, 5.41) is 27.3. The van der Waals surface area contributed by atoms with Crippen molar-refractivity contribution in [2.24, 2.45) is 5.10 Å². The van der Waals surface area contributed by atoms with E-state index < -0.39 is 10.9 Å². The predicted octanol–water partition coefficient (Wildman–Crippen LogP) is 1.80. The summed E-state index contributed by atoms with van der Waals surface area (Å²) < 4.78 is 7.64. The number of esters is 1. The molecular formula is C15H13N7O4S. The van der Waals surface area contributed by atoms with Gasteiger partial charge in [0.15, 0.2) is 5.69 Å². The van der Waals surface area contributed by atoms with E-state index in [1.807, 2.05) is 0 Å². The van der Waals surface area contributed by atoms with Gasteiger partial charge in [-0.15, -0.1) is 10.2 Å². The molecule has 138 valence electrons. The Balaban J connectivity index is 1.64. The maximum Gasteiger partial charge on any atom is 0.358 e. The quantitative estimate of drug-likeness (QED) is 0.197. The molecule has 27 heavy (non-hydrogen) atoms. The van der Waals surface area contributed by atoms with Crippen LogP contribution in [0.5, 0.6) is 0 Å². The molecule has 0 N–H and O–H groups in total. The van der Waals surface area contributed by atoms with Gasteiger partial charge in [0.05, 0.1) is 24.1 Å². The van der Waals surface area contributed by atoms with Gasteiger partial charge >= 0.3 is 5.97 Å². The molecule has 0 aliphatic carbocycles. The Hall–Kier alpha value is -3.54. The first kappa shape index (κ1) is 18.3. The lowest BCUT2D eigenvalue weighted by Crippen LogP contribution is -2.04. The van der Waals surface area contributed by atoms with Crippen molar-refractivity contribution in [1.82, 2.24) is 24.7 Å². The fourth-order valence-electron chi connectivity index (χ4n) is 1.98. The van der Waals surface area contributed by atoms with Crippen molar-refractivity contribution >= 4 is 29.6 Å². The number of nitro groups is 1. The van der Waals surface area contributed by atoms with Crippen LogP contribution in [0.15, 0.2) is 53.1 Å². The van der Waals surface area contributed by atoms with Crippen LogP contribution < -0.4 is 0 Å². The van der Waals surface area contributed by atoms with Gasteiger partial charge in [0, 0.05) is 18.3 Å². The second-order valence-corrected chi connectivity index (χ2v) is 5.97. The number of ether oxygens (including phenoxy) is 1. The molecule has 0 atom stereocenters. The number of hydrogen-bond acceptors (Lipinski definition) is 9. The summed E-state index contributed by atoms with van der Waals surface area (Å²) in [5.74, 6) is -0.113. The zero-order chi connectivity index (χ0) is 19.2. The van der Waals surface area contributed by atoms with E-state index >= 15 is 0 Å². The Kier molecular flexibility index (Phi) is 5.56. The second-order valence-electron chi connectivity index (χ2n) is 5.06. The van der Waals surface area contributed by atoms with Crippen molar-refractivity contribution in [3.8, 4) is 0 Å². The first-order chi connectivity index (χ1) is 13.1. The zero-order valence-electron chi connectivity index (χ0n) is 14.0. The van der Waals surface area contributed by atoms with Gasteiger partial charge in [-0.1, -0.05) is 11.8 Å². The summed E-state index contributed by atoms with van der Waals surface area (Å²) in [5.41, 5.74) is 0.925. The minimum absolute atomic E-state index is 0.0123. The first-order valence-corrected chi connectivity index (χ1v) is 8.49. The molecule has 2 heterocycles. The molecule has 2 aromatic heterocycles. The standard InChI is InChI=1S/C15H13N7O4S/c1-26-14(23)13-6-7-20(19-13)10-27-15-18-16-9-21(15)17-8-11-2-4-12(5-3-11)22(24)25/h2-9H,10H2,1H3. The summed E-state index contributed by atoms with van der Waals surface area (Å²) in [6.45, 7) is 0. The van der Waals surface area contributed by atoms with E-state index in [9.17, 15) is 14.9 Å². The molecule has 0 unspecified atom stereocenters. The Morgan fingerprint density at radius 3 is 2.85 bits per heavy atom. The van der Waals surface area contributed by atoms with Crippen LogP contribution in [0.25, 0.3) is 0 Å². The van der Waals surface area contributed by atoms with Gasteiger partial charge in [0.2, 0.25) is 5.16 Å². The minimum Gasteiger partial charge on any atom is -0.464 e. The number of methoxy groups -OCH3 is 1. The number of rotatable bonds is 7. The van der Waals surface area contributed by atoms with Crippen LogP contribution >= 0.6 is 11.8 Å². The van der Waals surface area contributed by atoms with Crippen molar-refractivity contribution in [3.63, 3.8) is 0 Å². The third-order valence-corrected chi connectivity index (χ3v) is 4.22.